The first-order valence-electron chi connectivity index (χ1n) is 10.4. The van der Waals surface area contributed by atoms with Crippen LogP contribution < -0.4 is 10.1 Å². The van der Waals surface area contributed by atoms with Gasteiger partial charge >= 0.3 is 0 Å². The third kappa shape index (κ3) is 4.59. The first-order chi connectivity index (χ1) is 14.1. The molecule has 4 rings (SSSR count). The molecule has 0 aliphatic carbocycles. The van der Waals surface area contributed by atoms with Gasteiger partial charge in [0.15, 0.2) is 5.82 Å². The van der Waals surface area contributed by atoms with Gasteiger partial charge in [-0.25, -0.2) is 0 Å². The van der Waals surface area contributed by atoms with Gasteiger partial charge in [0.05, 0.1) is 26.2 Å². The maximum absolute atomic E-state index is 12.8. The molecule has 0 spiro atoms. The van der Waals surface area contributed by atoms with Crippen molar-refractivity contribution in [1.29, 1.82) is 0 Å². The average molecular weight is 399 g/mol. The Balaban J connectivity index is 1.32. The molecule has 1 fully saturated rings. The summed E-state index contributed by atoms with van der Waals surface area (Å²) in [5.41, 5.74) is 1.16. The zero-order valence-electron chi connectivity index (χ0n) is 17.3. The highest BCUT2D eigenvalue weighted by molar-refractivity contribution is 5.78. The van der Waals surface area contributed by atoms with Crippen LogP contribution in [-0.4, -0.2) is 64.3 Å². The van der Waals surface area contributed by atoms with Crippen molar-refractivity contribution in [2.75, 3.05) is 33.8 Å². The fourth-order valence-electron chi connectivity index (χ4n) is 4.15. The van der Waals surface area contributed by atoms with Gasteiger partial charge in [0.1, 0.15) is 11.6 Å². The van der Waals surface area contributed by atoms with Crippen molar-refractivity contribution in [2.45, 2.75) is 44.9 Å². The second-order valence-corrected chi connectivity index (χ2v) is 7.96. The molecule has 3 heterocycles. The number of hydrogen-bond acceptors (Lipinski definition) is 6. The van der Waals surface area contributed by atoms with Crippen molar-refractivity contribution >= 4 is 5.91 Å². The highest BCUT2D eigenvalue weighted by Crippen LogP contribution is 2.24. The molecule has 8 heteroatoms. The van der Waals surface area contributed by atoms with Gasteiger partial charge in [0.2, 0.25) is 5.91 Å². The monoisotopic (exact) mass is 398 g/mol. The maximum Gasteiger partial charge on any atom is 0.237 e. The van der Waals surface area contributed by atoms with Gasteiger partial charge < -0.3 is 19.5 Å². The Kier molecular flexibility index (Phi) is 6.10. The Morgan fingerprint density at radius 1 is 1.24 bits per heavy atom. The number of methoxy groups -OCH3 is 1. The van der Waals surface area contributed by atoms with Crippen LogP contribution >= 0.6 is 0 Å². The first kappa shape index (κ1) is 19.8. The van der Waals surface area contributed by atoms with Gasteiger partial charge in [-0.15, -0.1) is 10.2 Å². The Hall–Kier alpha value is -2.45. The highest BCUT2D eigenvalue weighted by Gasteiger charge is 2.28. The Morgan fingerprint density at radius 2 is 2.07 bits per heavy atom. The summed E-state index contributed by atoms with van der Waals surface area (Å²) in [5.74, 6) is 2.90. The number of piperidine rings is 1. The zero-order chi connectivity index (χ0) is 20.2. The number of benzene rings is 1. The number of carbonyl (C=O) groups excluding carboxylic acids is 1. The van der Waals surface area contributed by atoms with E-state index < -0.39 is 0 Å². The van der Waals surface area contributed by atoms with Crippen molar-refractivity contribution in [3.8, 4) is 5.75 Å². The molecule has 8 nitrogen and oxygen atoms in total. The summed E-state index contributed by atoms with van der Waals surface area (Å²) in [6.45, 7) is 4.16. The van der Waals surface area contributed by atoms with Gasteiger partial charge in [0.25, 0.3) is 0 Å². The molecule has 1 saturated heterocycles. The normalized spacial score (nSPS) is 19.3. The number of hydrogen-bond donors (Lipinski definition) is 1. The molecule has 1 N–H and O–H groups in total. The summed E-state index contributed by atoms with van der Waals surface area (Å²) in [6.07, 6.45) is 3.56. The van der Waals surface area contributed by atoms with E-state index in [-0.39, 0.29) is 5.91 Å². The molecular weight excluding hydrogens is 368 g/mol. The van der Waals surface area contributed by atoms with E-state index in [1.54, 1.807) is 7.11 Å². The van der Waals surface area contributed by atoms with E-state index in [2.05, 4.69) is 20.1 Å². The summed E-state index contributed by atoms with van der Waals surface area (Å²) < 4.78 is 7.40. The van der Waals surface area contributed by atoms with Gasteiger partial charge in [-0.1, -0.05) is 18.6 Å². The molecule has 2 aromatic rings. The van der Waals surface area contributed by atoms with Crippen LogP contribution in [0, 0.1) is 0 Å². The van der Waals surface area contributed by atoms with Crippen LogP contribution in [0.2, 0.25) is 0 Å². The van der Waals surface area contributed by atoms with Crippen LogP contribution in [0.3, 0.4) is 0 Å². The van der Waals surface area contributed by atoms with Crippen molar-refractivity contribution in [3.63, 3.8) is 0 Å². The van der Waals surface area contributed by atoms with Gasteiger partial charge in [-0.3, -0.25) is 9.69 Å². The molecule has 2 aliphatic heterocycles. The lowest BCUT2D eigenvalue weighted by molar-refractivity contribution is -0.133. The number of nitrogens with zero attached hydrogens (tertiary/aromatic N) is 5. The molecule has 29 heavy (non-hydrogen) atoms. The van der Waals surface area contributed by atoms with Crippen LogP contribution in [0.15, 0.2) is 24.3 Å². The largest absolute Gasteiger partial charge is 0.497 e. The molecule has 156 valence electrons. The van der Waals surface area contributed by atoms with Crippen molar-refractivity contribution < 1.29 is 9.53 Å². The van der Waals surface area contributed by atoms with E-state index in [1.807, 2.05) is 41.1 Å². The molecule has 1 amide bonds. The fraction of sp³-hybridized carbons (Fsp3) is 0.571. The molecule has 0 bridgehead atoms. The zero-order valence-corrected chi connectivity index (χ0v) is 17.3. The predicted molar refractivity (Wildman–Crippen MR) is 109 cm³/mol. The van der Waals surface area contributed by atoms with E-state index >= 15 is 0 Å². The molecule has 2 aliphatic rings. The van der Waals surface area contributed by atoms with Gasteiger partial charge in [-0.2, -0.15) is 0 Å². The van der Waals surface area contributed by atoms with E-state index in [9.17, 15) is 4.79 Å². The number of carbonyl (C=O) groups is 1. The van der Waals surface area contributed by atoms with Crippen molar-refractivity contribution in [3.05, 3.63) is 41.5 Å². The Labute approximate surface area is 171 Å². The summed E-state index contributed by atoms with van der Waals surface area (Å²) in [6, 6.07) is 8.25. The van der Waals surface area contributed by atoms with Crippen molar-refractivity contribution in [1.82, 2.24) is 29.9 Å². The summed E-state index contributed by atoms with van der Waals surface area (Å²) in [5, 5.41) is 12.4. The number of likely N-dealkylation sites (N-methyl/N-ethyl adjacent to an activating group) is 1. The van der Waals surface area contributed by atoms with Gasteiger partial charge in [0, 0.05) is 19.6 Å². The highest BCUT2D eigenvalue weighted by atomic mass is 16.5. The Bertz CT molecular complexity index is 828. The molecule has 0 saturated carbocycles. The van der Waals surface area contributed by atoms with E-state index in [0.29, 0.717) is 25.7 Å². The van der Waals surface area contributed by atoms with E-state index in [0.717, 1.165) is 49.0 Å². The molecule has 1 atom stereocenters. The number of amides is 1. The van der Waals surface area contributed by atoms with E-state index in [1.165, 1.54) is 12.8 Å². The lowest BCUT2D eigenvalue weighted by atomic mass is 10.0. The van der Waals surface area contributed by atoms with E-state index in [4.69, 9.17) is 4.74 Å². The standard InChI is InChI=1S/C21H30N6O2/c1-25(13-16-6-8-17(29-2)9-7-16)15-20(28)26-11-12-27-19(14-26)23-24-21(27)18-5-3-4-10-22-18/h6-9,18,22H,3-5,10-15H2,1-2H3/t18-/m1/s1. The third-order valence-electron chi connectivity index (χ3n) is 5.77. The molecular formula is C21H30N6O2. The van der Waals surface area contributed by atoms with Gasteiger partial charge in [-0.05, 0) is 44.1 Å². The fourth-order valence-corrected chi connectivity index (χ4v) is 4.15. The second-order valence-electron chi connectivity index (χ2n) is 7.96. The number of nitrogens with one attached hydrogen (secondary N) is 1. The molecule has 1 aromatic carbocycles. The minimum Gasteiger partial charge on any atom is -0.497 e. The minimum absolute atomic E-state index is 0.132. The molecule has 0 radical (unpaired) electrons. The van der Waals surface area contributed by atoms with Crippen LogP contribution in [0.5, 0.6) is 5.75 Å². The Morgan fingerprint density at radius 3 is 2.79 bits per heavy atom. The SMILES string of the molecule is COc1ccc(CN(C)CC(=O)N2CCn3c(nnc3[C@H]3CCCCN3)C2)cc1. The maximum atomic E-state index is 12.8. The third-order valence-corrected chi connectivity index (χ3v) is 5.77. The number of rotatable bonds is 6. The molecule has 1 aromatic heterocycles. The average Bonchev–Trinajstić information content (AvgIpc) is 3.18. The summed E-state index contributed by atoms with van der Waals surface area (Å²) in [4.78, 5) is 16.7. The lowest BCUT2D eigenvalue weighted by Gasteiger charge is -2.31. The smallest absolute Gasteiger partial charge is 0.237 e. The first-order valence-corrected chi connectivity index (χ1v) is 10.4. The van der Waals surface area contributed by atoms with Crippen LogP contribution in [0.25, 0.3) is 0 Å². The number of aromatic nitrogens is 3. The number of fused-ring (bicyclic) bond motifs is 1. The van der Waals surface area contributed by atoms with Crippen LogP contribution in [0.4, 0.5) is 0 Å². The predicted octanol–water partition coefficient (Wildman–Crippen LogP) is 1.58. The summed E-state index contributed by atoms with van der Waals surface area (Å²) >= 11 is 0. The summed E-state index contributed by atoms with van der Waals surface area (Å²) in [7, 11) is 3.63. The van der Waals surface area contributed by atoms with Crippen LogP contribution in [0.1, 0.15) is 42.5 Å². The molecule has 0 unspecified atom stereocenters. The quantitative estimate of drug-likeness (QED) is 0.796. The minimum atomic E-state index is 0.132. The topological polar surface area (TPSA) is 75.5 Å². The number of ether oxygens (including phenoxy) is 1. The second kappa shape index (κ2) is 8.92. The lowest BCUT2D eigenvalue weighted by Crippen LogP contribution is -2.43. The van der Waals surface area contributed by atoms with Crippen LogP contribution in [-0.2, 0) is 24.4 Å². The van der Waals surface area contributed by atoms with Crippen molar-refractivity contribution in [2.24, 2.45) is 0 Å².